The minimum atomic E-state index is 0.0473. The topological polar surface area (TPSA) is 42.4 Å². The second-order valence-corrected chi connectivity index (χ2v) is 5.97. The second-order valence-electron chi connectivity index (χ2n) is 5.05. The van der Waals surface area contributed by atoms with E-state index in [-0.39, 0.29) is 17.7 Å². The summed E-state index contributed by atoms with van der Waals surface area (Å²) in [5, 5.41) is 0. The van der Waals surface area contributed by atoms with Crippen LogP contribution in [0.5, 0.6) is 0 Å². The Bertz CT molecular complexity index is 506. The molecule has 1 aromatic heterocycles. The Balaban J connectivity index is 2.11. The van der Waals surface area contributed by atoms with Gasteiger partial charge in [0.05, 0.1) is 0 Å². The summed E-state index contributed by atoms with van der Waals surface area (Å²) in [4.78, 5) is 18.9. The number of halogens is 1. The van der Waals surface area contributed by atoms with E-state index in [0.717, 1.165) is 29.7 Å². The van der Waals surface area contributed by atoms with E-state index in [2.05, 4.69) is 27.0 Å². The normalized spacial score (nSPS) is 26.6. The number of hydrogen-bond acceptors (Lipinski definition) is 3. The number of pyridine rings is 1. The Kier molecular flexibility index (Phi) is 3.58. The average molecular weight is 325 g/mol. The van der Waals surface area contributed by atoms with Gasteiger partial charge in [-0.3, -0.25) is 9.69 Å². The van der Waals surface area contributed by atoms with Crippen LogP contribution in [0, 0.1) is 5.92 Å². The fraction of sp³-hybridized carbons (Fsp3) is 0.571. The summed E-state index contributed by atoms with van der Waals surface area (Å²) in [6, 6.07) is 2.11. The molecule has 2 atom stereocenters. The number of nitrogens with zero attached hydrogens (tertiary/aromatic N) is 2. The van der Waals surface area contributed by atoms with Gasteiger partial charge >= 0.3 is 0 Å². The zero-order chi connectivity index (χ0) is 13.4. The molecular weight excluding hydrogens is 308 g/mol. The molecule has 1 aromatic rings. The number of amides is 1. The van der Waals surface area contributed by atoms with Gasteiger partial charge in [-0.05, 0) is 41.8 Å². The van der Waals surface area contributed by atoms with E-state index >= 15 is 0 Å². The number of anilines is 1. The number of ether oxygens (including phenoxy) is 1. The third kappa shape index (κ3) is 2.19. The Labute approximate surface area is 121 Å². The number of aromatic nitrogens is 1. The predicted octanol–water partition coefficient (Wildman–Crippen LogP) is 2.72. The maximum Gasteiger partial charge on any atom is 0.231 e. The molecule has 0 saturated carbocycles. The van der Waals surface area contributed by atoms with Crippen LogP contribution in [0.2, 0.25) is 0 Å². The molecule has 19 heavy (non-hydrogen) atoms. The Morgan fingerprint density at radius 2 is 2.16 bits per heavy atom. The van der Waals surface area contributed by atoms with Crippen molar-refractivity contribution in [2.24, 2.45) is 5.92 Å². The van der Waals surface area contributed by atoms with E-state index in [1.54, 1.807) is 6.20 Å². The van der Waals surface area contributed by atoms with Crippen LogP contribution in [-0.2, 0) is 9.53 Å². The molecule has 1 amide bonds. The first-order chi connectivity index (χ1) is 9.22. The monoisotopic (exact) mass is 324 g/mol. The maximum absolute atomic E-state index is 12.6. The van der Waals surface area contributed by atoms with Crippen molar-refractivity contribution in [2.75, 3.05) is 24.7 Å². The van der Waals surface area contributed by atoms with Crippen LogP contribution >= 0.6 is 15.9 Å². The van der Waals surface area contributed by atoms with Crippen LogP contribution < -0.4 is 4.90 Å². The van der Waals surface area contributed by atoms with Gasteiger partial charge in [-0.1, -0.05) is 0 Å². The average Bonchev–Trinajstić information content (AvgIpc) is 2.66. The summed E-state index contributed by atoms with van der Waals surface area (Å²) in [6.07, 6.45) is 3.48. The summed E-state index contributed by atoms with van der Waals surface area (Å²) in [7, 11) is 0. The molecule has 3 heterocycles. The first-order valence-electron chi connectivity index (χ1n) is 6.77. The molecule has 4 nitrogen and oxygen atoms in total. The van der Waals surface area contributed by atoms with Crippen LogP contribution in [0.25, 0.3) is 0 Å². The molecule has 2 aliphatic heterocycles. The summed E-state index contributed by atoms with van der Waals surface area (Å²) in [6.45, 7) is 4.08. The number of fused-ring (bicyclic) bond motifs is 3. The number of rotatable bonds is 1. The second kappa shape index (κ2) is 5.21. The molecule has 5 heteroatoms. The van der Waals surface area contributed by atoms with Gasteiger partial charge in [0.25, 0.3) is 0 Å². The lowest BCUT2D eigenvalue weighted by molar-refractivity contribution is -0.123. The fourth-order valence-corrected chi connectivity index (χ4v) is 3.50. The van der Waals surface area contributed by atoms with Crippen molar-refractivity contribution in [2.45, 2.75) is 25.7 Å². The van der Waals surface area contributed by atoms with Crippen molar-refractivity contribution < 1.29 is 9.53 Å². The van der Waals surface area contributed by atoms with E-state index in [1.165, 1.54) is 5.56 Å². The SMILES string of the molecule is CCN1C(=O)[C@H]2CCOCC[C@@H]2c2cc(Br)cnc21. The summed E-state index contributed by atoms with van der Waals surface area (Å²) in [5.41, 5.74) is 1.19. The molecule has 1 saturated heterocycles. The largest absolute Gasteiger partial charge is 0.381 e. The highest BCUT2D eigenvalue weighted by Crippen LogP contribution is 2.43. The summed E-state index contributed by atoms with van der Waals surface area (Å²) in [5.74, 6) is 1.34. The standard InChI is InChI=1S/C14H17BrN2O2/c1-2-17-13-12(7-9(15)8-16-13)10-3-5-19-6-4-11(10)14(17)18/h7-8,10-11H,2-6H2,1H3/t10-,11-/m0/s1. The maximum atomic E-state index is 12.6. The third-order valence-electron chi connectivity index (χ3n) is 4.05. The smallest absolute Gasteiger partial charge is 0.231 e. The van der Waals surface area contributed by atoms with Gasteiger partial charge in [0, 0.05) is 47.8 Å². The van der Waals surface area contributed by atoms with E-state index in [0.29, 0.717) is 13.2 Å². The third-order valence-corrected chi connectivity index (χ3v) is 4.48. The Morgan fingerprint density at radius 1 is 1.42 bits per heavy atom. The Morgan fingerprint density at radius 3 is 2.89 bits per heavy atom. The van der Waals surface area contributed by atoms with Gasteiger partial charge in [-0.2, -0.15) is 0 Å². The molecule has 0 bridgehead atoms. The molecule has 0 unspecified atom stereocenters. The molecule has 3 rings (SSSR count). The zero-order valence-corrected chi connectivity index (χ0v) is 12.5. The summed E-state index contributed by atoms with van der Waals surface area (Å²) >= 11 is 3.49. The molecule has 0 aromatic carbocycles. The predicted molar refractivity (Wildman–Crippen MR) is 76.2 cm³/mol. The molecule has 2 aliphatic rings. The highest BCUT2D eigenvalue weighted by molar-refractivity contribution is 9.10. The van der Waals surface area contributed by atoms with Crippen molar-refractivity contribution in [3.63, 3.8) is 0 Å². The highest BCUT2D eigenvalue weighted by Gasteiger charge is 2.41. The Hall–Kier alpha value is -0.940. The highest BCUT2D eigenvalue weighted by atomic mass is 79.9. The number of hydrogen-bond donors (Lipinski definition) is 0. The first-order valence-corrected chi connectivity index (χ1v) is 7.56. The van der Waals surface area contributed by atoms with Gasteiger partial charge < -0.3 is 4.74 Å². The lowest BCUT2D eigenvalue weighted by Crippen LogP contribution is -2.44. The minimum Gasteiger partial charge on any atom is -0.381 e. The first kappa shape index (κ1) is 13.1. The van der Waals surface area contributed by atoms with E-state index in [9.17, 15) is 4.79 Å². The van der Waals surface area contributed by atoms with Gasteiger partial charge in [-0.15, -0.1) is 0 Å². The van der Waals surface area contributed by atoms with Crippen LogP contribution in [0.1, 0.15) is 31.2 Å². The number of carbonyl (C=O) groups excluding carboxylic acids is 1. The van der Waals surface area contributed by atoms with Crippen molar-refractivity contribution >= 4 is 27.7 Å². The van der Waals surface area contributed by atoms with E-state index in [4.69, 9.17) is 4.74 Å². The van der Waals surface area contributed by atoms with Gasteiger partial charge in [0.15, 0.2) is 0 Å². The van der Waals surface area contributed by atoms with Crippen LogP contribution in [0.15, 0.2) is 16.7 Å². The quantitative estimate of drug-likeness (QED) is 0.797. The molecular formula is C14H17BrN2O2. The van der Waals surface area contributed by atoms with Crippen molar-refractivity contribution in [3.8, 4) is 0 Å². The summed E-state index contributed by atoms with van der Waals surface area (Å²) < 4.78 is 6.52. The minimum absolute atomic E-state index is 0.0473. The molecule has 0 N–H and O–H groups in total. The zero-order valence-electron chi connectivity index (χ0n) is 10.9. The van der Waals surface area contributed by atoms with E-state index in [1.807, 2.05) is 11.8 Å². The van der Waals surface area contributed by atoms with E-state index < -0.39 is 0 Å². The van der Waals surface area contributed by atoms with Crippen molar-refractivity contribution in [1.29, 1.82) is 0 Å². The van der Waals surface area contributed by atoms with Gasteiger partial charge in [0.1, 0.15) is 5.82 Å². The molecule has 102 valence electrons. The van der Waals surface area contributed by atoms with Crippen molar-refractivity contribution in [1.82, 2.24) is 4.98 Å². The van der Waals surface area contributed by atoms with Crippen LogP contribution in [-0.4, -0.2) is 30.6 Å². The fourth-order valence-electron chi connectivity index (χ4n) is 3.15. The molecule has 0 radical (unpaired) electrons. The number of carbonyl (C=O) groups is 1. The van der Waals surface area contributed by atoms with Gasteiger partial charge in [-0.25, -0.2) is 4.98 Å². The van der Waals surface area contributed by atoms with Crippen LogP contribution in [0.3, 0.4) is 0 Å². The molecule has 1 fully saturated rings. The molecule has 0 aliphatic carbocycles. The molecule has 0 spiro atoms. The van der Waals surface area contributed by atoms with Gasteiger partial charge in [0.2, 0.25) is 5.91 Å². The lowest BCUT2D eigenvalue weighted by atomic mass is 9.79. The van der Waals surface area contributed by atoms with Crippen LogP contribution in [0.4, 0.5) is 5.82 Å². The van der Waals surface area contributed by atoms with Crippen molar-refractivity contribution in [3.05, 3.63) is 22.3 Å². The lowest BCUT2D eigenvalue weighted by Gasteiger charge is -2.37.